The predicted octanol–water partition coefficient (Wildman–Crippen LogP) is 2.82. The van der Waals surface area contributed by atoms with E-state index in [2.05, 4.69) is 19.2 Å². The van der Waals surface area contributed by atoms with E-state index in [1.165, 1.54) is 0 Å². The summed E-state index contributed by atoms with van der Waals surface area (Å²) in [7, 11) is 0. The third-order valence-corrected chi connectivity index (χ3v) is 5.25. The summed E-state index contributed by atoms with van der Waals surface area (Å²) in [5, 5.41) is 12.2. The van der Waals surface area contributed by atoms with Gasteiger partial charge in [-0.2, -0.15) is 0 Å². The Kier molecular flexibility index (Phi) is 5.06. The molecule has 2 aliphatic rings. The fourth-order valence-corrected chi connectivity index (χ4v) is 3.78. The van der Waals surface area contributed by atoms with E-state index in [4.69, 9.17) is 5.11 Å². The minimum atomic E-state index is -0.767. The van der Waals surface area contributed by atoms with Crippen molar-refractivity contribution < 1.29 is 14.7 Å². The fourth-order valence-electron chi connectivity index (χ4n) is 3.78. The van der Waals surface area contributed by atoms with E-state index in [1.807, 2.05) is 0 Å². The average Bonchev–Trinajstić information content (AvgIpc) is 2.87. The van der Waals surface area contributed by atoms with Crippen molar-refractivity contribution in [3.05, 3.63) is 0 Å². The number of amides is 1. The molecular formula is C16H27NO3. The molecule has 2 aliphatic carbocycles. The number of hydrogen-bond acceptors (Lipinski definition) is 2. The van der Waals surface area contributed by atoms with Gasteiger partial charge in [-0.3, -0.25) is 9.59 Å². The smallest absolute Gasteiger partial charge is 0.308 e. The Balaban J connectivity index is 1.82. The maximum atomic E-state index is 12.3. The zero-order valence-corrected chi connectivity index (χ0v) is 12.6. The number of hydrogen-bond donors (Lipinski definition) is 2. The number of carbonyl (C=O) groups excluding carboxylic acids is 1. The van der Waals surface area contributed by atoms with Crippen molar-refractivity contribution in [2.75, 3.05) is 0 Å². The van der Waals surface area contributed by atoms with Crippen LogP contribution >= 0.6 is 0 Å². The summed E-state index contributed by atoms with van der Waals surface area (Å²) in [6.07, 6.45) is 6.58. The van der Waals surface area contributed by atoms with Gasteiger partial charge in [0, 0.05) is 12.0 Å². The van der Waals surface area contributed by atoms with Crippen LogP contribution in [0.2, 0.25) is 0 Å². The first kappa shape index (κ1) is 15.3. The average molecular weight is 281 g/mol. The van der Waals surface area contributed by atoms with Crippen molar-refractivity contribution in [1.82, 2.24) is 5.32 Å². The third kappa shape index (κ3) is 3.53. The second-order valence-corrected chi connectivity index (χ2v) is 6.85. The van der Waals surface area contributed by atoms with Gasteiger partial charge in [0.05, 0.1) is 5.92 Å². The van der Waals surface area contributed by atoms with E-state index >= 15 is 0 Å². The number of rotatable bonds is 4. The molecule has 2 fully saturated rings. The largest absolute Gasteiger partial charge is 0.481 e. The molecule has 0 aromatic carbocycles. The Bertz CT molecular complexity index is 359. The van der Waals surface area contributed by atoms with Crippen molar-refractivity contribution in [1.29, 1.82) is 0 Å². The highest BCUT2D eigenvalue weighted by Gasteiger charge is 2.36. The molecule has 2 N–H and O–H groups in total. The fraction of sp³-hybridized carbons (Fsp3) is 0.875. The maximum absolute atomic E-state index is 12.3. The second kappa shape index (κ2) is 6.59. The van der Waals surface area contributed by atoms with Crippen LogP contribution in [0.15, 0.2) is 0 Å². The SMILES string of the molecule is CC(C)C1CCC(C(=O)N[C@@H]2CCC[C@@H]2C(=O)O)CC1. The van der Waals surface area contributed by atoms with Crippen molar-refractivity contribution >= 4 is 11.9 Å². The Hall–Kier alpha value is -1.06. The minimum absolute atomic E-state index is 0.0883. The monoisotopic (exact) mass is 281 g/mol. The molecule has 2 rings (SSSR count). The van der Waals surface area contributed by atoms with Gasteiger partial charge in [0.1, 0.15) is 0 Å². The second-order valence-electron chi connectivity index (χ2n) is 6.85. The molecule has 1 amide bonds. The van der Waals surface area contributed by atoms with Crippen molar-refractivity contribution in [2.45, 2.75) is 64.8 Å². The molecule has 20 heavy (non-hydrogen) atoms. The number of carboxylic acid groups (broad SMARTS) is 1. The van der Waals surface area contributed by atoms with Crippen LogP contribution < -0.4 is 5.32 Å². The van der Waals surface area contributed by atoms with Gasteiger partial charge >= 0.3 is 5.97 Å². The summed E-state index contributed by atoms with van der Waals surface area (Å²) in [6, 6.07) is -0.150. The molecule has 114 valence electrons. The molecule has 4 nitrogen and oxygen atoms in total. The quantitative estimate of drug-likeness (QED) is 0.832. The number of nitrogens with one attached hydrogen (secondary N) is 1. The molecule has 0 aromatic rings. The summed E-state index contributed by atoms with van der Waals surface area (Å²) in [5.74, 6) is 0.482. The molecule has 0 aliphatic heterocycles. The van der Waals surface area contributed by atoms with E-state index in [-0.39, 0.29) is 23.8 Å². The summed E-state index contributed by atoms with van der Waals surface area (Å²) >= 11 is 0. The lowest BCUT2D eigenvalue weighted by Gasteiger charge is -2.31. The molecule has 2 saturated carbocycles. The van der Waals surface area contributed by atoms with E-state index in [1.54, 1.807) is 0 Å². The van der Waals surface area contributed by atoms with Crippen molar-refractivity contribution in [2.24, 2.45) is 23.7 Å². The van der Waals surface area contributed by atoms with Gasteiger partial charge in [0.2, 0.25) is 5.91 Å². The highest BCUT2D eigenvalue weighted by atomic mass is 16.4. The first-order valence-corrected chi connectivity index (χ1v) is 8.02. The molecule has 0 bridgehead atoms. The van der Waals surface area contributed by atoms with Crippen LogP contribution in [0.4, 0.5) is 0 Å². The Morgan fingerprint density at radius 2 is 1.70 bits per heavy atom. The first-order chi connectivity index (χ1) is 9.49. The number of carbonyl (C=O) groups is 2. The normalized spacial score (nSPS) is 34.1. The molecule has 2 atom stereocenters. The molecule has 0 aromatic heterocycles. The lowest BCUT2D eigenvalue weighted by atomic mass is 9.76. The summed E-state index contributed by atoms with van der Waals surface area (Å²) in [6.45, 7) is 4.50. The predicted molar refractivity (Wildman–Crippen MR) is 77.2 cm³/mol. The van der Waals surface area contributed by atoms with Gasteiger partial charge in [-0.25, -0.2) is 0 Å². The van der Waals surface area contributed by atoms with Crippen molar-refractivity contribution in [3.63, 3.8) is 0 Å². The standard InChI is InChI=1S/C16H27NO3/c1-10(2)11-6-8-12(9-7-11)15(18)17-14-5-3-4-13(14)16(19)20/h10-14H,3-9H2,1-2H3,(H,17,18)(H,19,20)/t11?,12?,13-,14+/m0/s1. The highest BCUT2D eigenvalue weighted by molar-refractivity contribution is 5.80. The van der Waals surface area contributed by atoms with Crippen LogP contribution in [0.5, 0.6) is 0 Å². The van der Waals surface area contributed by atoms with E-state index in [0.717, 1.165) is 44.4 Å². The number of aliphatic carboxylic acids is 1. The van der Waals surface area contributed by atoms with Gasteiger partial charge in [0.15, 0.2) is 0 Å². The van der Waals surface area contributed by atoms with Gasteiger partial charge in [-0.15, -0.1) is 0 Å². The zero-order valence-electron chi connectivity index (χ0n) is 12.6. The highest BCUT2D eigenvalue weighted by Crippen LogP contribution is 2.34. The molecule has 0 heterocycles. The van der Waals surface area contributed by atoms with Gasteiger partial charge in [0.25, 0.3) is 0 Å². The van der Waals surface area contributed by atoms with Crippen molar-refractivity contribution in [3.8, 4) is 0 Å². The lowest BCUT2D eigenvalue weighted by Crippen LogP contribution is -2.43. The van der Waals surface area contributed by atoms with Crippen LogP contribution in [0.3, 0.4) is 0 Å². The van der Waals surface area contributed by atoms with E-state index in [9.17, 15) is 9.59 Å². The first-order valence-electron chi connectivity index (χ1n) is 8.02. The van der Waals surface area contributed by atoms with Gasteiger partial charge < -0.3 is 10.4 Å². The Labute approximate surface area is 121 Å². The molecule has 0 unspecified atom stereocenters. The Morgan fingerprint density at radius 3 is 2.25 bits per heavy atom. The summed E-state index contributed by atoms with van der Waals surface area (Å²) in [5.41, 5.74) is 0. The zero-order chi connectivity index (χ0) is 14.7. The molecule has 0 spiro atoms. The lowest BCUT2D eigenvalue weighted by molar-refractivity contribution is -0.142. The molecule has 0 radical (unpaired) electrons. The van der Waals surface area contributed by atoms with Crippen LogP contribution in [0.25, 0.3) is 0 Å². The minimum Gasteiger partial charge on any atom is -0.481 e. The number of carboxylic acids is 1. The molecule has 0 saturated heterocycles. The summed E-state index contributed by atoms with van der Waals surface area (Å²) in [4.78, 5) is 23.4. The van der Waals surface area contributed by atoms with Gasteiger partial charge in [-0.1, -0.05) is 20.3 Å². The molecule has 4 heteroatoms. The van der Waals surface area contributed by atoms with E-state index in [0.29, 0.717) is 12.3 Å². The van der Waals surface area contributed by atoms with E-state index < -0.39 is 5.97 Å². The van der Waals surface area contributed by atoms with Crippen LogP contribution in [0, 0.1) is 23.7 Å². The van der Waals surface area contributed by atoms with Crippen LogP contribution in [0.1, 0.15) is 58.8 Å². The van der Waals surface area contributed by atoms with Crippen LogP contribution in [-0.4, -0.2) is 23.0 Å². The topological polar surface area (TPSA) is 66.4 Å². The van der Waals surface area contributed by atoms with Gasteiger partial charge in [-0.05, 0) is 50.4 Å². The summed E-state index contributed by atoms with van der Waals surface area (Å²) < 4.78 is 0. The molecular weight excluding hydrogens is 254 g/mol. The Morgan fingerprint density at radius 1 is 1.05 bits per heavy atom. The van der Waals surface area contributed by atoms with Crippen LogP contribution in [-0.2, 0) is 9.59 Å². The third-order valence-electron chi connectivity index (χ3n) is 5.25. The maximum Gasteiger partial charge on any atom is 0.308 e.